The first-order chi connectivity index (χ1) is 4.93. The van der Waals surface area contributed by atoms with Gasteiger partial charge in [-0.3, -0.25) is 4.79 Å². The predicted molar refractivity (Wildman–Crippen MR) is 49.9 cm³/mol. The first-order valence-corrected chi connectivity index (χ1v) is 5.24. The van der Waals surface area contributed by atoms with Crippen molar-refractivity contribution in [2.24, 2.45) is 5.41 Å². The van der Waals surface area contributed by atoms with Gasteiger partial charge < -0.3 is 4.74 Å². The maximum Gasteiger partial charge on any atom is 0.307 e. The molecule has 0 bridgehead atoms. The summed E-state index contributed by atoms with van der Waals surface area (Å²) >= 11 is 6.76. The minimum Gasteiger partial charge on any atom is -0.449 e. The molecule has 4 heteroatoms. The molecular weight excluding hydrogens is 276 g/mol. The molecule has 0 aromatic heterocycles. The number of hydrogen-bond acceptors (Lipinski definition) is 2. The van der Waals surface area contributed by atoms with Crippen LogP contribution < -0.4 is 0 Å². The standard InChI is InChI=1S/C7H10Br2O2/c1-7(2)3-4(10)11-6(9)5(7)8/h5-6H,3H2,1-2H3/t5-,6+/m1/s1. The van der Waals surface area contributed by atoms with Crippen molar-refractivity contribution >= 4 is 37.8 Å². The Bertz CT molecular complexity index is 179. The van der Waals surface area contributed by atoms with E-state index >= 15 is 0 Å². The fourth-order valence-electron chi connectivity index (χ4n) is 1.05. The largest absolute Gasteiger partial charge is 0.449 e. The number of hydrogen-bond donors (Lipinski definition) is 0. The predicted octanol–water partition coefficient (Wildman–Crippen LogP) is 2.44. The van der Waals surface area contributed by atoms with Gasteiger partial charge in [-0.05, 0) is 21.3 Å². The van der Waals surface area contributed by atoms with Crippen LogP contribution in [0.1, 0.15) is 20.3 Å². The van der Waals surface area contributed by atoms with Crippen molar-refractivity contribution in [1.82, 2.24) is 0 Å². The highest BCUT2D eigenvalue weighted by Gasteiger charge is 2.41. The molecule has 0 saturated carbocycles. The average Bonchev–Trinajstić information content (AvgIpc) is 1.81. The van der Waals surface area contributed by atoms with Crippen molar-refractivity contribution < 1.29 is 9.53 Å². The molecule has 1 aliphatic heterocycles. The van der Waals surface area contributed by atoms with Crippen molar-refractivity contribution in [2.45, 2.75) is 30.1 Å². The van der Waals surface area contributed by atoms with Gasteiger partial charge in [0.25, 0.3) is 0 Å². The summed E-state index contributed by atoms with van der Waals surface area (Å²) in [6, 6.07) is 0. The molecule has 0 aromatic rings. The van der Waals surface area contributed by atoms with Gasteiger partial charge in [-0.2, -0.15) is 0 Å². The molecule has 0 spiro atoms. The molecule has 1 heterocycles. The molecule has 0 amide bonds. The van der Waals surface area contributed by atoms with Crippen LogP contribution in [0.15, 0.2) is 0 Å². The average molecular weight is 286 g/mol. The van der Waals surface area contributed by atoms with Crippen LogP contribution in [0.5, 0.6) is 0 Å². The molecule has 64 valence electrons. The van der Waals surface area contributed by atoms with Crippen LogP contribution >= 0.6 is 31.9 Å². The highest BCUT2D eigenvalue weighted by molar-refractivity contribution is 9.12. The zero-order valence-corrected chi connectivity index (χ0v) is 9.61. The van der Waals surface area contributed by atoms with E-state index in [-0.39, 0.29) is 21.2 Å². The van der Waals surface area contributed by atoms with Crippen molar-refractivity contribution in [3.05, 3.63) is 0 Å². The third-order valence-corrected chi connectivity index (χ3v) is 4.97. The number of carbonyl (C=O) groups is 1. The Kier molecular flexibility index (Phi) is 2.64. The van der Waals surface area contributed by atoms with Gasteiger partial charge in [0.05, 0.1) is 11.2 Å². The van der Waals surface area contributed by atoms with Crippen LogP contribution in [0.4, 0.5) is 0 Å². The second kappa shape index (κ2) is 3.05. The van der Waals surface area contributed by atoms with Crippen LogP contribution in [0, 0.1) is 5.41 Å². The number of cyclic esters (lactones) is 1. The molecule has 2 atom stereocenters. The van der Waals surface area contributed by atoms with E-state index in [2.05, 4.69) is 31.9 Å². The fraction of sp³-hybridized carbons (Fsp3) is 0.857. The molecule has 0 radical (unpaired) electrons. The summed E-state index contributed by atoms with van der Waals surface area (Å²) in [5.41, 5.74) is -0.0243. The molecule has 1 rings (SSSR count). The molecule has 0 N–H and O–H groups in total. The lowest BCUT2D eigenvalue weighted by molar-refractivity contribution is -0.152. The Labute approximate surface area is 82.9 Å². The molecule has 2 nitrogen and oxygen atoms in total. The number of halogens is 2. The second-order valence-corrected chi connectivity index (χ2v) is 5.30. The van der Waals surface area contributed by atoms with E-state index in [1.165, 1.54) is 0 Å². The molecule has 1 saturated heterocycles. The van der Waals surface area contributed by atoms with Gasteiger partial charge in [0.15, 0.2) is 5.01 Å². The Morgan fingerprint density at radius 2 is 2.09 bits per heavy atom. The highest BCUT2D eigenvalue weighted by Crippen LogP contribution is 2.40. The summed E-state index contributed by atoms with van der Waals surface area (Å²) in [5.74, 6) is -0.132. The lowest BCUT2D eigenvalue weighted by atomic mass is 9.84. The van der Waals surface area contributed by atoms with Gasteiger partial charge in [0.1, 0.15) is 0 Å². The molecule has 11 heavy (non-hydrogen) atoms. The number of alkyl halides is 2. The Morgan fingerprint density at radius 1 is 1.55 bits per heavy atom. The van der Waals surface area contributed by atoms with Crippen molar-refractivity contribution in [2.75, 3.05) is 0 Å². The first kappa shape index (κ1) is 9.52. The highest BCUT2D eigenvalue weighted by atomic mass is 79.9. The topological polar surface area (TPSA) is 26.3 Å². The number of carbonyl (C=O) groups excluding carboxylic acids is 1. The van der Waals surface area contributed by atoms with Crippen molar-refractivity contribution in [3.63, 3.8) is 0 Å². The van der Waals surface area contributed by atoms with Gasteiger partial charge in [0, 0.05) is 0 Å². The van der Waals surface area contributed by atoms with Gasteiger partial charge in [0.2, 0.25) is 0 Å². The first-order valence-electron chi connectivity index (χ1n) is 3.41. The third-order valence-electron chi connectivity index (χ3n) is 1.82. The quantitative estimate of drug-likeness (QED) is 0.505. The summed E-state index contributed by atoms with van der Waals surface area (Å²) < 4.78 is 4.96. The molecule has 0 aromatic carbocycles. The van der Waals surface area contributed by atoms with Gasteiger partial charge >= 0.3 is 5.97 Å². The zero-order valence-electron chi connectivity index (χ0n) is 6.43. The van der Waals surface area contributed by atoms with E-state index in [1.54, 1.807) is 0 Å². The minimum absolute atomic E-state index is 0.0243. The molecule has 0 unspecified atom stereocenters. The van der Waals surface area contributed by atoms with Gasteiger partial charge in [-0.25, -0.2) is 0 Å². The van der Waals surface area contributed by atoms with Gasteiger partial charge in [-0.1, -0.05) is 29.8 Å². The van der Waals surface area contributed by atoms with E-state index in [4.69, 9.17) is 4.74 Å². The van der Waals surface area contributed by atoms with E-state index in [0.717, 1.165) is 0 Å². The van der Waals surface area contributed by atoms with Crippen LogP contribution in [-0.4, -0.2) is 15.8 Å². The van der Waals surface area contributed by atoms with Crippen LogP contribution in [0.3, 0.4) is 0 Å². The second-order valence-electron chi connectivity index (χ2n) is 3.41. The maximum atomic E-state index is 11.0. The molecular formula is C7H10Br2O2. The van der Waals surface area contributed by atoms with E-state index < -0.39 is 0 Å². The SMILES string of the molecule is CC1(C)CC(=O)O[C@H](Br)[C@H]1Br. The summed E-state index contributed by atoms with van der Waals surface area (Å²) in [6.45, 7) is 4.09. The Hall–Kier alpha value is 0.430. The number of esters is 1. The van der Waals surface area contributed by atoms with Gasteiger partial charge in [-0.15, -0.1) is 0 Å². The lowest BCUT2D eigenvalue weighted by Crippen LogP contribution is -2.41. The van der Waals surface area contributed by atoms with Crippen LogP contribution in [0.2, 0.25) is 0 Å². The summed E-state index contributed by atoms with van der Waals surface area (Å²) in [4.78, 5) is 11.1. The fourth-order valence-corrected chi connectivity index (χ4v) is 2.25. The molecule has 1 fully saturated rings. The van der Waals surface area contributed by atoms with Crippen LogP contribution in [-0.2, 0) is 9.53 Å². The molecule has 0 aliphatic carbocycles. The smallest absolute Gasteiger partial charge is 0.307 e. The monoisotopic (exact) mass is 284 g/mol. The number of ether oxygens (including phenoxy) is 1. The Morgan fingerprint density at radius 3 is 2.55 bits per heavy atom. The summed E-state index contributed by atoms with van der Waals surface area (Å²) in [5, 5.41) is -0.196. The van der Waals surface area contributed by atoms with E-state index in [1.807, 2.05) is 13.8 Å². The third kappa shape index (κ3) is 1.96. The summed E-state index contributed by atoms with van der Waals surface area (Å²) in [7, 11) is 0. The van der Waals surface area contributed by atoms with E-state index in [0.29, 0.717) is 6.42 Å². The summed E-state index contributed by atoms with van der Waals surface area (Å²) in [6.07, 6.45) is 0.477. The minimum atomic E-state index is -0.196. The lowest BCUT2D eigenvalue weighted by Gasteiger charge is -2.36. The maximum absolute atomic E-state index is 11.0. The Balaban J connectivity index is 2.75. The van der Waals surface area contributed by atoms with Crippen molar-refractivity contribution in [1.29, 1.82) is 0 Å². The number of rotatable bonds is 0. The zero-order chi connectivity index (χ0) is 8.65. The molecule has 1 aliphatic rings. The normalized spacial score (nSPS) is 36.5. The van der Waals surface area contributed by atoms with Crippen molar-refractivity contribution in [3.8, 4) is 0 Å². The van der Waals surface area contributed by atoms with Crippen LogP contribution in [0.25, 0.3) is 0 Å². The van der Waals surface area contributed by atoms with E-state index in [9.17, 15) is 4.79 Å².